The average molecular weight is 200 g/mol. The normalized spacial score (nSPS) is 22.6. The molecule has 1 heterocycles. The van der Waals surface area contributed by atoms with Gasteiger partial charge in [-0.3, -0.25) is 9.69 Å². The standard InChI is InChI=1S/C10H20N2O2/c1-2-5-11-10(14)7-12-6-3-4-9(12)8-13/h9,13H,2-8H2,1H3,(H,11,14). The van der Waals surface area contributed by atoms with Crippen LogP contribution < -0.4 is 5.32 Å². The van der Waals surface area contributed by atoms with E-state index in [1.807, 2.05) is 6.92 Å². The highest BCUT2D eigenvalue weighted by Gasteiger charge is 2.24. The van der Waals surface area contributed by atoms with Crippen molar-refractivity contribution in [3.05, 3.63) is 0 Å². The third kappa shape index (κ3) is 3.27. The number of rotatable bonds is 5. The third-order valence-electron chi connectivity index (χ3n) is 2.63. The SMILES string of the molecule is CCCNC(=O)CN1CCCC1CO. The summed E-state index contributed by atoms with van der Waals surface area (Å²) in [6.07, 6.45) is 3.07. The fourth-order valence-corrected chi connectivity index (χ4v) is 1.81. The predicted molar refractivity (Wildman–Crippen MR) is 55.0 cm³/mol. The fourth-order valence-electron chi connectivity index (χ4n) is 1.81. The van der Waals surface area contributed by atoms with Gasteiger partial charge in [-0.2, -0.15) is 0 Å². The molecule has 0 aromatic heterocycles. The predicted octanol–water partition coefficient (Wildman–Crippen LogP) is -0.0307. The molecule has 1 atom stereocenters. The highest BCUT2D eigenvalue weighted by atomic mass is 16.3. The van der Waals surface area contributed by atoms with Gasteiger partial charge < -0.3 is 10.4 Å². The average Bonchev–Trinajstić information content (AvgIpc) is 2.62. The molecule has 0 bridgehead atoms. The van der Waals surface area contributed by atoms with Crippen molar-refractivity contribution in [2.45, 2.75) is 32.2 Å². The van der Waals surface area contributed by atoms with Gasteiger partial charge in [0.15, 0.2) is 0 Å². The summed E-state index contributed by atoms with van der Waals surface area (Å²) >= 11 is 0. The third-order valence-corrected chi connectivity index (χ3v) is 2.63. The van der Waals surface area contributed by atoms with E-state index in [4.69, 9.17) is 5.11 Å². The molecule has 0 aromatic rings. The largest absolute Gasteiger partial charge is 0.395 e. The minimum Gasteiger partial charge on any atom is -0.395 e. The van der Waals surface area contributed by atoms with Gasteiger partial charge in [-0.1, -0.05) is 6.92 Å². The van der Waals surface area contributed by atoms with E-state index in [9.17, 15) is 4.79 Å². The number of nitrogens with one attached hydrogen (secondary N) is 1. The molecule has 0 saturated carbocycles. The van der Waals surface area contributed by atoms with Crippen LogP contribution in [0.1, 0.15) is 26.2 Å². The maximum Gasteiger partial charge on any atom is 0.234 e. The van der Waals surface area contributed by atoms with Gasteiger partial charge in [-0.15, -0.1) is 0 Å². The van der Waals surface area contributed by atoms with Crippen LogP contribution in [0.3, 0.4) is 0 Å². The molecule has 82 valence electrons. The molecule has 4 heteroatoms. The monoisotopic (exact) mass is 200 g/mol. The van der Waals surface area contributed by atoms with Gasteiger partial charge in [0.25, 0.3) is 0 Å². The first-order valence-electron chi connectivity index (χ1n) is 5.39. The van der Waals surface area contributed by atoms with E-state index >= 15 is 0 Å². The lowest BCUT2D eigenvalue weighted by Gasteiger charge is -2.21. The molecule has 1 aliphatic rings. The quantitative estimate of drug-likeness (QED) is 0.655. The maximum absolute atomic E-state index is 11.4. The highest BCUT2D eigenvalue weighted by molar-refractivity contribution is 5.78. The van der Waals surface area contributed by atoms with Crippen LogP contribution in [-0.2, 0) is 4.79 Å². The number of aliphatic hydroxyl groups is 1. The van der Waals surface area contributed by atoms with Crippen LogP contribution in [0.5, 0.6) is 0 Å². The van der Waals surface area contributed by atoms with Crippen molar-refractivity contribution in [3.8, 4) is 0 Å². The fraction of sp³-hybridized carbons (Fsp3) is 0.900. The van der Waals surface area contributed by atoms with E-state index < -0.39 is 0 Å². The summed E-state index contributed by atoms with van der Waals surface area (Å²) in [6, 6.07) is 0.197. The zero-order valence-electron chi connectivity index (χ0n) is 8.83. The number of carbonyl (C=O) groups is 1. The van der Waals surface area contributed by atoms with E-state index in [1.54, 1.807) is 0 Å². The molecule has 4 nitrogen and oxygen atoms in total. The maximum atomic E-state index is 11.4. The lowest BCUT2D eigenvalue weighted by Crippen LogP contribution is -2.41. The van der Waals surface area contributed by atoms with Crippen molar-refractivity contribution in [1.29, 1.82) is 0 Å². The Labute approximate surface area is 85.3 Å². The molecule has 2 N–H and O–H groups in total. The van der Waals surface area contributed by atoms with Gasteiger partial charge in [0.1, 0.15) is 0 Å². The molecular weight excluding hydrogens is 180 g/mol. The van der Waals surface area contributed by atoms with Gasteiger partial charge in [-0.05, 0) is 25.8 Å². The summed E-state index contributed by atoms with van der Waals surface area (Å²) in [5.74, 6) is 0.0761. The summed E-state index contributed by atoms with van der Waals surface area (Å²) in [5, 5.41) is 11.9. The summed E-state index contributed by atoms with van der Waals surface area (Å²) in [5.41, 5.74) is 0. The second-order valence-corrected chi connectivity index (χ2v) is 3.80. The molecule has 1 fully saturated rings. The van der Waals surface area contributed by atoms with Crippen molar-refractivity contribution in [2.75, 3.05) is 26.2 Å². The Bertz CT molecular complexity index is 185. The van der Waals surface area contributed by atoms with Crippen LogP contribution >= 0.6 is 0 Å². The highest BCUT2D eigenvalue weighted by Crippen LogP contribution is 2.15. The van der Waals surface area contributed by atoms with Gasteiger partial charge in [0, 0.05) is 12.6 Å². The Morgan fingerprint density at radius 3 is 3.07 bits per heavy atom. The minimum absolute atomic E-state index is 0.0761. The van der Waals surface area contributed by atoms with Crippen molar-refractivity contribution in [2.24, 2.45) is 0 Å². The number of hydrogen-bond acceptors (Lipinski definition) is 3. The Morgan fingerprint density at radius 1 is 1.64 bits per heavy atom. The number of nitrogens with zero attached hydrogens (tertiary/aromatic N) is 1. The molecule has 1 unspecified atom stereocenters. The summed E-state index contributed by atoms with van der Waals surface area (Å²) in [6.45, 7) is 4.32. The number of likely N-dealkylation sites (tertiary alicyclic amines) is 1. The van der Waals surface area contributed by atoms with E-state index in [2.05, 4.69) is 10.2 Å². The smallest absolute Gasteiger partial charge is 0.234 e. The molecule has 0 aromatic carbocycles. The van der Waals surface area contributed by atoms with Crippen molar-refractivity contribution < 1.29 is 9.90 Å². The Morgan fingerprint density at radius 2 is 2.43 bits per heavy atom. The molecule has 1 rings (SSSR count). The molecule has 1 saturated heterocycles. The van der Waals surface area contributed by atoms with Crippen molar-refractivity contribution in [1.82, 2.24) is 10.2 Å². The number of amides is 1. The second-order valence-electron chi connectivity index (χ2n) is 3.80. The van der Waals surface area contributed by atoms with Gasteiger partial charge in [0.05, 0.1) is 13.2 Å². The Hall–Kier alpha value is -0.610. The van der Waals surface area contributed by atoms with Crippen molar-refractivity contribution in [3.63, 3.8) is 0 Å². The van der Waals surface area contributed by atoms with Gasteiger partial charge in [-0.25, -0.2) is 0 Å². The lowest BCUT2D eigenvalue weighted by atomic mass is 10.2. The van der Waals surface area contributed by atoms with Crippen LogP contribution in [0.2, 0.25) is 0 Å². The molecule has 0 radical (unpaired) electrons. The van der Waals surface area contributed by atoms with Gasteiger partial charge in [0.2, 0.25) is 5.91 Å². The van der Waals surface area contributed by atoms with Crippen LogP contribution in [0.25, 0.3) is 0 Å². The second kappa shape index (κ2) is 5.98. The number of carbonyl (C=O) groups excluding carboxylic acids is 1. The minimum atomic E-state index is 0.0761. The van der Waals surface area contributed by atoms with Crippen LogP contribution in [0, 0.1) is 0 Å². The van der Waals surface area contributed by atoms with E-state index in [0.717, 1.165) is 32.4 Å². The van der Waals surface area contributed by atoms with Crippen LogP contribution in [0.15, 0.2) is 0 Å². The first-order valence-corrected chi connectivity index (χ1v) is 5.39. The Kier molecular flexibility index (Phi) is 4.90. The molecule has 0 aliphatic carbocycles. The molecular formula is C10H20N2O2. The van der Waals surface area contributed by atoms with Gasteiger partial charge >= 0.3 is 0 Å². The first-order chi connectivity index (χ1) is 6.77. The van der Waals surface area contributed by atoms with Crippen molar-refractivity contribution >= 4 is 5.91 Å². The molecule has 1 amide bonds. The zero-order chi connectivity index (χ0) is 10.4. The summed E-state index contributed by atoms with van der Waals surface area (Å²) < 4.78 is 0. The first kappa shape index (κ1) is 11.5. The van der Waals surface area contributed by atoms with E-state index in [-0.39, 0.29) is 18.6 Å². The molecule has 14 heavy (non-hydrogen) atoms. The number of hydrogen-bond donors (Lipinski definition) is 2. The van der Waals surface area contributed by atoms with E-state index in [0.29, 0.717) is 6.54 Å². The topological polar surface area (TPSA) is 52.6 Å². The van der Waals surface area contributed by atoms with E-state index in [1.165, 1.54) is 0 Å². The van der Waals surface area contributed by atoms with Crippen LogP contribution in [0.4, 0.5) is 0 Å². The molecule has 0 spiro atoms. The Balaban J connectivity index is 2.25. The zero-order valence-corrected chi connectivity index (χ0v) is 8.83. The van der Waals surface area contributed by atoms with Crippen LogP contribution in [-0.4, -0.2) is 48.2 Å². The lowest BCUT2D eigenvalue weighted by molar-refractivity contribution is -0.122. The molecule has 1 aliphatic heterocycles. The summed E-state index contributed by atoms with van der Waals surface area (Å²) in [4.78, 5) is 13.4. The number of aliphatic hydroxyl groups excluding tert-OH is 1. The summed E-state index contributed by atoms with van der Waals surface area (Å²) in [7, 11) is 0.